The third kappa shape index (κ3) is 4.08. The van der Waals surface area contributed by atoms with Gasteiger partial charge in [0.25, 0.3) is 0 Å². The molecule has 7 nitrogen and oxygen atoms in total. The third-order valence-corrected chi connectivity index (χ3v) is 3.74. The Labute approximate surface area is 134 Å². The molecule has 1 aromatic rings. The summed E-state index contributed by atoms with van der Waals surface area (Å²) in [6.45, 7) is 3.39. The zero-order valence-electron chi connectivity index (χ0n) is 12.7. The molecule has 0 aromatic heterocycles. The van der Waals surface area contributed by atoms with Crippen LogP contribution in [0.25, 0.3) is 0 Å². The zero-order chi connectivity index (χ0) is 16.1. The predicted molar refractivity (Wildman–Crippen MR) is 83.8 cm³/mol. The second-order valence-electron chi connectivity index (χ2n) is 5.37. The number of carbonyl (C=O) groups excluding carboxylic acids is 2. The van der Waals surface area contributed by atoms with Crippen molar-refractivity contribution in [3.8, 4) is 0 Å². The molecule has 0 aliphatic carbocycles. The van der Waals surface area contributed by atoms with Gasteiger partial charge in [-0.15, -0.1) is 0 Å². The molecule has 2 N–H and O–H groups in total. The number of hydrogen-bond donors (Lipinski definition) is 2. The number of rotatable bonds is 4. The molecule has 2 aliphatic rings. The molecular formula is C16H19N3O4. The molecule has 2 aliphatic heterocycles. The maximum Gasteiger partial charge on any atom is 0.337 e. The number of morpholine rings is 1. The van der Waals surface area contributed by atoms with Crippen LogP contribution in [0.15, 0.2) is 41.6 Å². The van der Waals surface area contributed by atoms with Crippen LogP contribution in [0.4, 0.5) is 10.5 Å². The van der Waals surface area contributed by atoms with Gasteiger partial charge in [0, 0.05) is 25.3 Å². The number of cyclic esters (lactones) is 1. The number of nitrogens with one attached hydrogen (secondary N) is 2. The largest absolute Gasteiger partial charge is 0.456 e. The first-order valence-corrected chi connectivity index (χ1v) is 7.54. The van der Waals surface area contributed by atoms with Crippen LogP contribution in [-0.2, 0) is 14.3 Å². The number of hydrogen-bond acceptors (Lipinski definition) is 5. The van der Waals surface area contributed by atoms with Gasteiger partial charge in [0.1, 0.15) is 6.61 Å². The van der Waals surface area contributed by atoms with Crippen molar-refractivity contribution in [1.82, 2.24) is 10.2 Å². The first-order valence-electron chi connectivity index (χ1n) is 7.54. The number of nitrogens with zero attached hydrogens (tertiary/aromatic N) is 1. The van der Waals surface area contributed by atoms with Crippen molar-refractivity contribution in [1.29, 1.82) is 0 Å². The molecule has 0 atom stereocenters. The van der Waals surface area contributed by atoms with Crippen molar-refractivity contribution >= 4 is 17.7 Å². The molecule has 0 unspecified atom stereocenters. The molecule has 122 valence electrons. The minimum absolute atomic E-state index is 0.0979. The molecule has 0 spiro atoms. The van der Waals surface area contributed by atoms with E-state index >= 15 is 0 Å². The Hall–Kier alpha value is -2.38. The lowest BCUT2D eigenvalue weighted by atomic mass is 10.2. The molecule has 23 heavy (non-hydrogen) atoms. The Balaban J connectivity index is 1.63. The average molecular weight is 317 g/mol. The van der Waals surface area contributed by atoms with Crippen molar-refractivity contribution in [3.63, 3.8) is 0 Å². The summed E-state index contributed by atoms with van der Waals surface area (Å²) in [6, 6.07) is 8.74. The Morgan fingerprint density at radius 2 is 1.87 bits per heavy atom. The molecule has 1 saturated heterocycles. The Bertz CT molecular complexity index is 609. The molecule has 0 bridgehead atoms. The van der Waals surface area contributed by atoms with Gasteiger partial charge in [0.15, 0.2) is 0 Å². The molecular weight excluding hydrogens is 298 g/mol. The van der Waals surface area contributed by atoms with E-state index in [1.807, 2.05) is 18.2 Å². The lowest BCUT2D eigenvalue weighted by Gasteiger charge is -2.26. The van der Waals surface area contributed by atoms with Gasteiger partial charge in [0.2, 0.25) is 0 Å². The van der Waals surface area contributed by atoms with Crippen LogP contribution < -0.4 is 10.6 Å². The maximum absolute atomic E-state index is 12.1. The summed E-state index contributed by atoms with van der Waals surface area (Å²) in [6.07, 6.45) is 0. The van der Waals surface area contributed by atoms with Gasteiger partial charge in [-0.1, -0.05) is 18.2 Å². The van der Waals surface area contributed by atoms with Gasteiger partial charge in [-0.3, -0.25) is 4.90 Å². The van der Waals surface area contributed by atoms with E-state index in [0.29, 0.717) is 36.7 Å². The van der Waals surface area contributed by atoms with Gasteiger partial charge in [-0.05, 0) is 12.1 Å². The van der Waals surface area contributed by atoms with E-state index in [4.69, 9.17) is 9.47 Å². The minimum atomic E-state index is -0.385. The SMILES string of the molecule is O=C(NC1=C(CN2CCOCC2)C(=O)OC1)Nc1ccccc1. The Morgan fingerprint density at radius 3 is 2.61 bits per heavy atom. The summed E-state index contributed by atoms with van der Waals surface area (Å²) in [5, 5.41) is 5.45. The molecule has 3 rings (SSSR count). The van der Waals surface area contributed by atoms with Gasteiger partial charge >= 0.3 is 12.0 Å². The topological polar surface area (TPSA) is 79.9 Å². The van der Waals surface area contributed by atoms with Crippen LogP contribution in [0.5, 0.6) is 0 Å². The second-order valence-corrected chi connectivity index (χ2v) is 5.37. The maximum atomic E-state index is 12.1. The van der Waals surface area contributed by atoms with Gasteiger partial charge < -0.3 is 20.1 Å². The fraction of sp³-hybridized carbons (Fsp3) is 0.375. The lowest BCUT2D eigenvalue weighted by Crippen LogP contribution is -2.39. The van der Waals surface area contributed by atoms with E-state index in [0.717, 1.165) is 13.1 Å². The molecule has 0 saturated carbocycles. The van der Waals surface area contributed by atoms with E-state index < -0.39 is 0 Å². The summed E-state index contributed by atoms with van der Waals surface area (Å²) in [4.78, 5) is 26.1. The van der Waals surface area contributed by atoms with Crippen LogP contribution in [0, 0.1) is 0 Å². The quantitative estimate of drug-likeness (QED) is 0.808. The van der Waals surface area contributed by atoms with Crippen molar-refractivity contribution in [2.75, 3.05) is 44.8 Å². The fourth-order valence-corrected chi connectivity index (χ4v) is 2.51. The van der Waals surface area contributed by atoms with Crippen molar-refractivity contribution in [2.45, 2.75) is 0 Å². The monoisotopic (exact) mass is 317 g/mol. The smallest absolute Gasteiger partial charge is 0.337 e. The number of benzene rings is 1. The highest BCUT2D eigenvalue weighted by molar-refractivity contribution is 5.96. The number of carbonyl (C=O) groups is 2. The van der Waals surface area contributed by atoms with Crippen molar-refractivity contribution < 1.29 is 19.1 Å². The number of ether oxygens (including phenoxy) is 2. The summed E-state index contributed by atoms with van der Waals surface area (Å²) >= 11 is 0. The Morgan fingerprint density at radius 1 is 1.13 bits per heavy atom. The molecule has 0 radical (unpaired) electrons. The van der Waals surface area contributed by atoms with Crippen LogP contribution in [0.2, 0.25) is 0 Å². The molecule has 1 fully saturated rings. The van der Waals surface area contributed by atoms with Gasteiger partial charge in [-0.2, -0.15) is 0 Å². The highest BCUT2D eigenvalue weighted by Crippen LogP contribution is 2.16. The summed E-state index contributed by atoms with van der Waals surface area (Å²) in [5.74, 6) is -0.369. The summed E-state index contributed by atoms with van der Waals surface area (Å²) in [5.41, 5.74) is 1.72. The standard InChI is InChI=1S/C16H19N3O4/c20-15-13(10-19-6-8-22-9-7-19)14(11-23-15)18-16(21)17-12-4-2-1-3-5-12/h1-5H,6-11H2,(H2,17,18,21). The van der Waals surface area contributed by atoms with E-state index in [2.05, 4.69) is 15.5 Å². The summed E-state index contributed by atoms with van der Waals surface area (Å²) in [7, 11) is 0. The highest BCUT2D eigenvalue weighted by atomic mass is 16.5. The fourth-order valence-electron chi connectivity index (χ4n) is 2.51. The normalized spacial score (nSPS) is 18.7. The van der Waals surface area contributed by atoms with E-state index in [1.54, 1.807) is 12.1 Å². The summed E-state index contributed by atoms with van der Waals surface area (Å²) < 4.78 is 10.4. The van der Waals surface area contributed by atoms with Gasteiger partial charge in [0.05, 0.1) is 24.5 Å². The van der Waals surface area contributed by atoms with Crippen molar-refractivity contribution in [2.24, 2.45) is 0 Å². The number of urea groups is 1. The van der Waals surface area contributed by atoms with Crippen LogP contribution in [-0.4, -0.2) is 56.4 Å². The molecule has 2 heterocycles. The molecule has 2 amide bonds. The average Bonchev–Trinajstić information content (AvgIpc) is 2.90. The number of anilines is 1. The predicted octanol–water partition coefficient (Wildman–Crippen LogP) is 0.951. The van der Waals surface area contributed by atoms with E-state index in [1.165, 1.54) is 0 Å². The first kappa shape index (κ1) is 15.5. The zero-order valence-corrected chi connectivity index (χ0v) is 12.7. The van der Waals surface area contributed by atoms with E-state index in [-0.39, 0.29) is 18.6 Å². The van der Waals surface area contributed by atoms with Crippen LogP contribution >= 0.6 is 0 Å². The molecule has 7 heteroatoms. The van der Waals surface area contributed by atoms with Crippen LogP contribution in [0.1, 0.15) is 0 Å². The molecule has 1 aromatic carbocycles. The Kier molecular flexibility index (Phi) is 4.89. The highest BCUT2D eigenvalue weighted by Gasteiger charge is 2.28. The third-order valence-electron chi connectivity index (χ3n) is 3.74. The van der Waals surface area contributed by atoms with E-state index in [9.17, 15) is 9.59 Å². The number of amides is 2. The van der Waals surface area contributed by atoms with Crippen LogP contribution in [0.3, 0.4) is 0 Å². The van der Waals surface area contributed by atoms with Gasteiger partial charge in [-0.25, -0.2) is 9.59 Å². The number of para-hydroxylation sites is 1. The minimum Gasteiger partial charge on any atom is -0.456 e. The number of esters is 1. The lowest BCUT2D eigenvalue weighted by molar-refractivity contribution is -0.136. The van der Waals surface area contributed by atoms with Crippen molar-refractivity contribution in [3.05, 3.63) is 41.6 Å². The first-order chi connectivity index (χ1) is 11.2. The second kappa shape index (κ2) is 7.26.